The molecule has 1 aromatic carbocycles. The minimum Gasteiger partial charge on any atom is -0.349 e. The van der Waals surface area contributed by atoms with Gasteiger partial charge in [0, 0.05) is 31.3 Å². The minimum absolute atomic E-state index is 0.00353. The van der Waals surface area contributed by atoms with Crippen LogP contribution in [0.1, 0.15) is 0 Å². The molecule has 23 heavy (non-hydrogen) atoms. The number of nitrogens with zero attached hydrogens (tertiary/aromatic N) is 2. The molecule has 2 unspecified atom stereocenters. The average molecular weight is 337 g/mol. The zero-order valence-electron chi connectivity index (χ0n) is 12.1. The first kappa shape index (κ1) is 15.6. The molecule has 0 spiro atoms. The second kappa shape index (κ2) is 5.43. The molecule has 1 heterocycles. The molecule has 0 bridgehead atoms. The molecule has 1 aromatic rings. The fraction of sp³-hybridized carbons (Fsp3) is 0.357. The summed E-state index contributed by atoms with van der Waals surface area (Å²) in [4.78, 5) is 21.3. The number of sulfonamides is 1. The van der Waals surface area contributed by atoms with Crippen molar-refractivity contribution in [3.8, 4) is 0 Å². The maximum atomic E-state index is 12.5. The SMILES string of the molecule is C=CC(=O)NC1C2CN(S(=O)(=O)c3ccc([N+](=O)[O-])cc3)CC21. The van der Waals surface area contributed by atoms with E-state index in [4.69, 9.17) is 0 Å². The lowest BCUT2D eigenvalue weighted by Crippen LogP contribution is -2.36. The van der Waals surface area contributed by atoms with Gasteiger partial charge in [-0.25, -0.2) is 8.42 Å². The van der Waals surface area contributed by atoms with Crippen molar-refractivity contribution in [3.63, 3.8) is 0 Å². The van der Waals surface area contributed by atoms with Gasteiger partial charge < -0.3 is 5.32 Å². The number of non-ortho nitro benzene ring substituents is 1. The van der Waals surface area contributed by atoms with Crippen LogP contribution in [0.3, 0.4) is 0 Å². The zero-order valence-corrected chi connectivity index (χ0v) is 12.9. The van der Waals surface area contributed by atoms with Crippen LogP contribution in [0, 0.1) is 22.0 Å². The molecule has 1 saturated carbocycles. The summed E-state index contributed by atoms with van der Waals surface area (Å²) >= 11 is 0. The van der Waals surface area contributed by atoms with Crippen molar-refractivity contribution in [3.05, 3.63) is 47.0 Å². The van der Waals surface area contributed by atoms with E-state index in [1.54, 1.807) is 0 Å². The largest absolute Gasteiger partial charge is 0.349 e. The Labute approximate surface area is 133 Å². The summed E-state index contributed by atoms with van der Waals surface area (Å²) in [6.45, 7) is 4.06. The molecule has 0 radical (unpaired) electrons. The third kappa shape index (κ3) is 2.73. The molecule has 1 aliphatic heterocycles. The number of nitrogens with one attached hydrogen (secondary N) is 1. The predicted molar refractivity (Wildman–Crippen MR) is 81.0 cm³/mol. The second-order valence-electron chi connectivity index (χ2n) is 5.64. The zero-order chi connectivity index (χ0) is 16.8. The Hall–Kier alpha value is -2.26. The molecule has 1 aliphatic carbocycles. The molecule has 1 saturated heterocycles. The second-order valence-corrected chi connectivity index (χ2v) is 7.58. The van der Waals surface area contributed by atoms with Crippen LogP contribution in [0.5, 0.6) is 0 Å². The number of amides is 1. The molecule has 1 amide bonds. The summed E-state index contributed by atoms with van der Waals surface area (Å²) in [6.07, 6.45) is 1.19. The lowest BCUT2D eigenvalue weighted by atomic mass is 10.3. The van der Waals surface area contributed by atoms with E-state index in [2.05, 4.69) is 11.9 Å². The van der Waals surface area contributed by atoms with Crippen LogP contribution >= 0.6 is 0 Å². The van der Waals surface area contributed by atoms with E-state index in [-0.39, 0.29) is 34.4 Å². The number of fused-ring (bicyclic) bond motifs is 1. The number of hydrogen-bond acceptors (Lipinski definition) is 5. The minimum atomic E-state index is -3.66. The van der Waals surface area contributed by atoms with E-state index >= 15 is 0 Å². The van der Waals surface area contributed by atoms with E-state index in [0.717, 1.165) is 0 Å². The maximum Gasteiger partial charge on any atom is 0.269 e. The molecule has 8 nitrogen and oxygen atoms in total. The van der Waals surface area contributed by atoms with E-state index in [1.165, 1.54) is 34.6 Å². The van der Waals surface area contributed by atoms with Gasteiger partial charge in [0.05, 0.1) is 9.82 Å². The normalized spacial score (nSPS) is 26.3. The average Bonchev–Trinajstić information content (AvgIpc) is 2.97. The Balaban J connectivity index is 1.68. The number of benzene rings is 1. The van der Waals surface area contributed by atoms with Gasteiger partial charge in [-0.2, -0.15) is 4.31 Å². The van der Waals surface area contributed by atoms with Gasteiger partial charge in [-0.3, -0.25) is 14.9 Å². The summed E-state index contributed by atoms with van der Waals surface area (Å²) in [6, 6.07) is 4.85. The monoisotopic (exact) mass is 337 g/mol. The van der Waals surface area contributed by atoms with Crippen molar-refractivity contribution < 1.29 is 18.1 Å². The Morgan fingerprint density at radius 3 is 2.35 bits per heavy atom. The van der Waals surface area contributed by atoms with Crippen LogP contribution in [0.4, 0.5) is 5.69 Å². The molecule has 1 N–H and O–H groups in total. The first-order chi connectivity index (χ1) is 10.8. The van der Waals surface area contributed by atoms with Gasteiger partial charge in [-0.05, 0) is 30.0 Å². The lowest BCUT2D eigenvalue weighted by molar-refractivity contribution is -0.384. The topological polar surface area (TPSA) is 110 Å². The maximum absolute atomic E-state index is 12.5. The molecule has 122 valence electrons. The highest BCUT2D eigenvalue weighted by molar-refractivity contribution is 7.89. The van der Waals surface area contributed by atoms with Gasteiger partial charge in [0.25, 0.3) is 5.69 Å². The van der Waals surface area contributed by atoms with Gasteiger partial charge in [0.15, 0.2) is 0 Å². The Bertz CT molecular complexity index is 762. The van der Waals surface area contributed by atoms with Crippen LogP contribution in [0.15, 0.2) is 41.8 Å². The Kier molecular flexibility index (Phi) is 3.69. The number of rotatable bonds is 5. The quantitative estimate of drug-likeness (QED) is 0.478. The van der Waals surface area contributed by atoms with Gasteiger partial charge >= 0.3 is 0 Å². The van der Waals surface area contributed by atoms with Crippen LogP contribution in [-0.4, -0.2) is 42.7 Å². The van der Waals surface area contributed by atoms with Gasteiger partial charge in [0.2, 0.25) is 15.9 Å². The smallest absolute Gasteiger partial charge is 0.269 e. The van der Waals surface area contributed by atoms with E-state index in [1.807, 2.05) is 0 Å². The highest BCUT2D eigenvalue weighted by atomic mass is 32.2. The fourth-order valence-corrected chi connectivity index (χ4v) is 4.53. The third-order valence-corrected chi connectivity index (χ3v) is 6.19. The molecule has 2 atom stereocenters. The highest BCUT2D eigenvalue weighted by Crippen LogP contribution is 2.47. The summed E-state index contributed by atoms with van der Waals surface area (Å²) < 4.78 is 26.4. The summed E-state index contributed by atoms with van der Waals surface area (Å²) in [5.41, 5.74) is -0.152. The molecular formula is C14H15N3O5S. The molecule has 2 fully saturated rings. The third-order valence-electron chi connectivity index (χ3n) is 4.34. The summed E-state index contributed by atoms with van der Waals surface area (Å²) in [5.74, 6) is -0.0207. The van der Waals surface area contributed by atoms with Crippen molar-refractivity contribution in [2.24, 2.45) is 11.8 Å². The lowest BCUT2D eigenvalue weighted by Gasteiger charge is -2.19. The van der Waals surface area contributed by atoms with E-state index in [0.29, 0.717) is 13.1 Å². The Morgan fingerprint density at radius 1 is 1.30 bits per heavy atom. The summed E-state index contributed by atoms with van der Waals surface area (Å²) in [5, 5.41) is 13.4. The molecule has 2 aliphatic rings. The standard InChI is InChI=1S/C14H15N3O5S/c1-2-13(18)15-14-11-7-16(8-12(11)14)23(21,22)10-5-3-9(4-6-10)17(19)20/h2-6,11-12,14H,1,7-8H2,(H,15,18). The summed E-state index contributed by atoms with van der Waals surface area (Å²) in [7, 11) is -3.66. The molecule has 3 rings (SSSR count). The van der Waals surface area contributed by atoms with Gasteiger partial charge in [-0.15, -0.1) is 0 Å². The van der Waals surface area contributed by atoms with Crippen molar-refractivity contribution in [1.82, 2.24) is 9.62 Å². The first-order valence-corrected chi connectivity index (χ1v) is 8.46. The number of nitro groups is 1. The molecule has 0 aromatic heterocycles. The van der Waals surface area contributed by atoms with Crippen LogP contribution in [0.2, 0.25) is 0 Å². The van der Waals surface area contributed by atoms with Crippen LogP contribution in [0.25, 0.3) is 0 Å². The number of carbonyl (C=O) groups excluding carboxylic acids is 1. The van der Waals surface area contributed by atoms with Crippen molar-refractivity contribution in [2.75, 3.05) is 13.1 Å². The number of nitro benzene ring substituents is 1. The van der Waals surface area contributed by atoms with Gasteiger partial charge in [0.1, 0.15) is 0 Å². The van der Waals surface area contributed by atoms with Crippen LogP contribution in [-0.2, 0) is 14.8 Å². The van der Waals surface area contributed by atoms with E-state index < -0.39 is 14.9 Å². The fourth-order valence-electron chi connectivity index (χ4n) is 3.01. The number of hydrogen-bond donors (Lipinski definition) is 1. The van der Waals surface area contributed by atoms with E-state index in [9.17, 15) is 23.3 Å². The van der Waals surface area contributed by atoms with Crippen molar-refractivity contribution >= 4 is 21.6 Å². The van der Waals surface area contributed by atoms with Crippen LogP contribution < -0.4 is 5.32 Å². The Morgan fingerprint density at radius 2 is 1.87 bits per heavy atom. The first-order valence-electron chi connectivity index (χ1n) is 7.02. The number of piperidine rings is 1. The van der Waals surface area contributed by atoms with Crippen molar-refractivity contribution in [2.45, 2.75) is 10.9 Å². The number of carbonyl (C=O) groups is 1. The molecular weight excluding hydrogens is 322 g/mol. The highest BCUT2D eigenvalue weighted by Gasteiger charge is 2.58. The van der Waals surface area contributed by atoms with Crippen molar-refractivity contribution in [1.29, 1.82) is 0 Å². The van der Waals surface area contributed by atoms with Gasteiger partial charge in [-0.1, -0.05) is 6.58 Å². The predicted octanol–water partition coefficient (Wildman–Crippen LogP) is 0.516. The molecule has 9 heteroatoms.